The summed E-state index contributed by atoms with van der Waals surface area (Å²) in [7, 11) is 0. The van der Waals surface area contributed by atoms with Gasteiger partial charge in [-0.05, 0) is 157 Å². The first-order valence-corrected chi connectivity index (χ1v) is 20.2. The number of hydrogen-bond donors (Lipinski definition) is 0. The van der Waals surface area contributed by atoms with Crippen LogP contribution in [0, 0.1) is 0 Å². The van der Waals surface area contributed by atoms with Gasteiger partial charge < -0.3 is 8.98 Å². The summed E-state index contributed by atoms with van der Waals surface area (Å²) in [5, 5.41) is 4.76. The summed E-state index contributed by atoms with van der Waals surface area (Å²) in [5.74, 6) is 0. The fraction of sp³-hybridized carbons (Fsp3) is 0.0357. The van der Waals surface area contributed by atoms with Crippen LogP contribution in [0.5, 0.6) is 0 Å². The third kappa shape index (κ3) is 4.72. The highest BCUT2D eigenvalue weighted by Crippen LogP contribution is 2.43. The van der Waals surface area contributed by atoms with Gasteiger partial charge in [0.1, 0.15) is 11.2 Å². The minimum absolute atomic E-state index is 0.914. The molecule has 0 fully saturated rings. The highest BCUT2D eigenvalue weighted by molar-refractivity contribution is 6.12. The van der Waals surface area contributed by atoms with Crippen molar-refractivity contribution in [3.63, 3.8) is 0 Å². The van der Waals surface area contributed by atoms with Crippen molar-refractivity contribution in [2.75, 3.05) is 0 Å². The Labute approximate surface area is 335 Å². The first-order valence-electron chi connectivity index (χ1n) is 20.2. The molecule has 0 radical (unpaired) electrons. The molecule has 0 bridgehead atoms. The first-order chi connectivity index (χ1) is 28.7. The van der Waals surface area contributed by atoms with Gasteiger partial charge in [-0.25, -0.2) is 0 Å². The van der Waals surface area contributed by atoms with E-state index in [0.29, 0.717) is 0 Å². The van der Waals surface area contributed by atoms with Crippen LogP contribution >= 0.6 is 0 Å². The zero-order chi connectivity index (χ0) is 37.9. The Balaban J connectivity index is 0.990. The van der Waals surface area contributed by atoms with Crippen molar-refractivity contribution in [1.29, 1.82) is 0 Å². The molecule has 0 saturated heterocycles. The zero-order valence-electron chi connectivity index (χ0n) is 31.7. The lowest BCUT2D eigenvalue weighted by Crippen LogP contribution is -1.94. The Hall–Kier alpha value is -7.42. The van der Waals surface area contributed by atoms with Crippen molar-refractivity contribution < 1.29 is 4.42 Å². The van der Waals surface area contributed by atoms with Crippen LogP contribution in [-0.2, 0) is 12.8 Å². The van der Waals surface area contributed by atoms with E-state index < -0.39 is 0 Å². The maximum absolute atomic E-state index is 6.20. The molecule has 0 unspecified atom stereocenters. The zero-order valence-corrected chi connectivity index (χ0v) is 31.7. The number of furan rings is 1. The van der Waals surface area contributed by atoms with E-state index in [-0.39, 0.29) is 0 Å². The molecule has 2 nitrogen and oxygen atoms in total. The van der Waals surface area contributed by atoms with Crippen LogP contribution in [0.4, 0.5) is 0 Å². The van der Waals surface area contributed by atoms with Crippen LogP contribution in [0.3, 0.4) is 0 Å². The predicted octanol–water partition coefficient (Wildman–Crippen LogP) is 14.8. The van der Waals surface area contributed by atoms with Gasteiger partial charge in [0.25, 0.3) is 0 Å². The molecule has 2 aliphatic rings. The quantitative estimate of drug-likeness (QED) is 0.176. The van der Waals surface area contributed by atoms with Crippen LogP contribution < -0.4 is 0 Å². The van der Waals surface area contributed by atoms with Gasteiger partial charge in [0, 0.05) is 27.2 Å². The van der Waals surface area contributed by atoms with Crippen molar-refractivity contribution in [3.8, 4) is 61.3 Å². The molecule has 2 heteroatoms. The Morgan fingerprint density at radius 2 is 0.793 bits per heavy atom. The molecule has 0 amide bonds. The second kappa shape index (κ2) is 12.0. The number of fused-ring (bicyclic) bond motifs is 12. The van der Waals surface area contributed by atoms with Crippen LogP contribution in [0.2, 0.25) is 0 Å². The molecule has 9 aromatic carbocycles. The largest absolute Gasteiger partial charge is 0.456 e. The molecule has 2 aromatic heterocycles. The highest BCUT2D eigenvalue weighted by atomic mass is 16.3. The minimum Gasteiger partial charge on any atom is -0.456 e. The Bertz CT molecular complexity index is 3520. The summed E-state index contributed by atoms with van der Waals surface area (Å²) in [4.78, 5) is 0. The SMILES string of the molecule is c1cc(-c2ccc3c(c2)-c2ccccc2C3)cc(-n2c3ccc(-c4ccc5c(c4)-c4ccccc4C5)cc3c3cc(-c4ccc5oc6ccccc6c5c4)ccc32)c1. The smallest absolute Gasteiger partial charge is 0.135 e. The Morgan fingerprint density at radius 1 is 0.310 bits per heavy atom. The Kier molecular flexibility index (Phi) is 6.59. The molecule has 0 aliphatic heterocycles. The van der Waals surface area contributed by atoms with E-state index in [4.69, 9.17) is 4.42 Å². The molecule has 11 aromatic rings. The molecule has 0 spiro atoms. The van der Waals surface area contributed by atoms with Crippen molar-refractivity contribution in [2.24, 2.45) is 0 Å². The maximum Gasteiger partial charge on any atom is 0.135 e. The third-order valence-electron chi connectivity index (χ3n) is 12.8. The first kappa shape index (κ1) is 31.7. The van der Waals surface area contributed by atoms with Crippen LogP contribution in [-0.4, -0.2) is 4.57 Å². The van der Waals surface area contributed by atoms with Crippen molar-refractivity contribution in [1.82, 2.24) is 4.57 Å². The topological polar surface area (TPSA) is 18.1 Å². The van der Waals surface area contributed by atoms with Gasteiger partial charge in [0.05, 0.1) is 11.0 Å². The summed E-state index contributed by atoms with van der Waals surface area (Å²) in [6.07, 6.45) is 2.00. The van der Waals surface area contributed by atoms with Gasteiger partial charge in [-0.3, -0.25) is 0 Å². The van der Waals surface area contributed by atoms with Gasteiger partial charge in [-0.15, -0.1) is 0 Å². The van der Waals surface area contributed by atoms with E-state index in [1.807, 2.05) is 12.1 Å². The number of benzene rings is 9. The molecule has 0 saturated carbocycles. The van der Waals surface area contributed by atoms with E-state index in [1.54, 1.807) is 0 Å². The van der Waals surface area contributed by atoms with Gasteiger partial charge >= 0.3 is 0 Å². The third-order valence-corrected chi connectivity index (χ3v) is 12.8. The van der Waals surface area contributed by atoms with E-state index in [9.17, 15) is 0 Å². The fourth-order valence-corrected chi connectivity index (χ4v) is 10.00. The molecule has 58 heavy (non-hydrogen) atoms. The van der Waals surface area contributed by atoms with E-state index in [0.717, 1.165) is 40.5 Å². The summed E-state index contributed by atoms with van der Waals surface area (Å²) in [6, 6.07) is 69.7. The molecule has 2 heterocycles. The maximum atomic E-state index is 6.20. The number of rotatable bonds is 4. The average molecular weight is 738 g/mol. The van der Waals surface area contributed by atoms with Crippen LogP contribution in [0.1, 0.15) is 22.3 Å². The number of hydrogen-bond acceptors (Lipinski definition) is 1. The molecule has 2 aliphatic carbocycles. The van der Waals surface area contributed by atoms with Gasteiger partial charge in [0.15, 0.2) is 0 Å². The van der Waals surface area contributed by atoms with Crippen molar-refractivity contribution >= 4 is 43.7 Å². The average Bonchev–Trinajstić information content (AvgIpc) is 4.04. The Morgan fingerprint density at radius 3 is 1.45 bits per heavy atom. The lowest BCUT2D eigenvalue weighted by molar-refractivity contribution is 0.669. The monoisotopic (exact) mass is 737 g/mol. The van der Waals surface area contributed by atoms with Crippen LogP contribution in [0.25, 0.3) is 105 Å². The molecule has 13 rings (SSSR count). The second-order valence-corrected chi connectivity index (χ2v) is 16.1. The highest BCUT2D eigenvalue weighted by Gasteiger charge is 2.21. The second-order valence-electron chi connectivity index (χ2n) is 16.1. The predicted molar refractivity (Wildman–Crippen MR) is 241 cm³/mol. The minimum atomic E-state index is 0.914. The lowest BCUT2D eigenvalue weighted by atomic mass is 9.97. The molecular formula is C56H35NO. The molecule has 0 N–H and O–H groups in total. The van der Waals surface area contributed by atoms with Crippen LogP contribution in [0.15, 0.2) is 192 Å². The molecule has 0 atom stereocenters. The normalized spacial score (nSPS) is 12.7. The van der Waals surface area contributed by atoms with Gasteiger partial charge in [-0.1, -0.05) is 121 Å². The lowest BCUT2D eigenvalue weighted by Gasteiger charge is -2.12. The number of nitrogens with zero attached hydrogens (tertiary/aromatic N) is 1. The standard InChI is InChI=1S/C56H35NO/c1-3-12-45-40(8-1)26-42-18-16-35(29-48(42)45)34-10-7-11-44(28-34)57-53-23-20-37(36-17-19-43-27-41-9-2-4-13-46(41)49(43)30-36)31-50(53)51-32-38(21-24-54(51)57)39-22-25-56-52(33-39)47-14-5-6-15-55(47)58-56/h1-25,28-33H,26-27H2. The van der Waals surface area contributed by atoms with Gasteiger partial charge in [-0.2, -0.15) is 0 Å². The summed E-state index contributed by atoms with van der Waals surface area (Å²) < 4.78 is 8.66. The number of aromatic nitrogens is 1. The van der Waals surface area contributed by atoms with E-state index in [1.165, 1.54) is 99.7 Å². The number of para-hydroxylation sites is 1. The molecule has 270 valence electrons. The fourth-order valence-electron chi connectivity index (χ4n) is 10.00. The summed E-state index contributed by atoms with van der Waals surface area (Å²) >= 11 is 0. The summed E-state index contributed by atoms with van der Waals surface area (Å²) in [5.41, 5.74) is 23.7. The summed E-state index contributed by atoms with van der Waals surface area (Å²) in [6.45, 7) is 0. The van der Waals surface area contributed by atoms with Gasteiger partial charge in [0.2, 0.25) is 0 Å². The van der Waals surface area contributed by atoms with E-state index in [2.05, 4.69) is 180 Å². The van der Waals surface area contributed by atoms with E-state index >= 15 is 0 Å². The van der Waals surface area contributed by atoms with Crippen molar-refractivity contribution in [3.05, 3.63) is 210 Å². The van der Waals surface area contributed by atoms with Crippen molar-refractivity contribution in [2.45, 2.75) is 12.8 Å². The molecular weight excluding hydrogens is 703 g/mol.